The monoisotopic (exact) mass is 669 g/mol. The summed E-state index contributed by atoms with van der Waals surface area (Å²) in [6, 6.07) is 0. The molecule has 0 aromatic carbocycles. The SMILES string of the molecule is CC(C=CC1=C(C)CCCC1(C)C)=CC=CC(C)=CC(=O)OC1CC[C@@]2(C)C(=CC[C@H]3[C@@H]4CC[C@H]([C@H](C)CCCC(C)C)[C@@]4(C)CC[C@@H]32)C1. The predicted octanol–water partition coefficient (Wildman–Crippen LogP) is 13.5. The quantitative estimate of drug-likeness (QED) is 0.0948. The van der Waals surface area contributed by atoms with Crippen molar-refractivity contribution >= 4 is 5.97 Å². The lowest BCUT2D eigenvalue weighted by Gasteiger charge is -2.58. The molecule has 8 atom stereocenters. The van der Waals surface area contributed by atoms with Gasteiger partial charge in [0.15, 0.2) is 0 Å². The van der Waals surface area contributed by atoms with E-state index in [9.17, 15) is 4.79 Å². The first kappa shape index (κ1) is 38.1. The zero-order valence-electron chi connectivity index (χ0n) is 33.3. The Bertz CT molecular complexity index is 1380. The second-order valence-electron chi connectivity index (χ2n) is 19.0. The summed E-state index contributed by atoms with van der Waals surface area (Å²) >= 11 is 0. The van der Waals surface area contributed by atoms with Crippen molar-refractivity contribution in [2.24, 2.45) is 51.8 Å². The van der Waals surface area contributed by atoms with Gasteiger partial charge in [0.25, 0.3) is 0 Å². The molecule has 0 radical (unpaired) electrons. The Kier molecular flexibility index (Phi) is 12.2. The van der Waals surface area contributed by atoms with E-state index >= 15 is 0 Å². The van der Waals surface area contributed by atoms with Crippen LogP contribution in [0.15, 0.2) is 70.4 Å². The molecule has 5 aliphatic rings. The summed E-state index contributed by atoms with van der Waals surface area (Å²) in [6.45, 7) is 23.7. The van der Waals surface area contributed by atoms with E-state index in [2.05, 4.69) is 92.7 Å². The Morgan fingerprint density at radius 1 is 0.939 bits per heavy atom. The fourth-order valence-electron chi connectivity index (χ4n) is 11.8. The highest BCUT2D eigenvalue weighted by Crippen LogP contribution is 2.67. The number of carbonyl (C=O) groups is 1. The molecule has 49 heavy (non-hydrogen) atoms. The highest BCUT2D eigenvalue weighted by atomic mass is 16.5. The molecular formula is C47H72O2. The molecule has 0 aromatic rings. The van der Waals surface area contributed by atoms with Crippen LogP contribution in [0.1, 0.15) is 159 Å². The number of fused-ring (bicyclic) bond motifs is 5. The van der Waals surface area contributed by atoms with Crippen LogP contribution in [-0.2, 0) is 9.53 Å². The second kappa shape index (κ2) is 15.7. The third-order valence-corrected chi connectivity index (χ3v) is 14.7. The second-order valence-corrected chi connectivity index (χ2v) is 19.0. The maximum Gasteiger partial charge on any atom is 0.331 e. The maximum absolute atomic E-state index is 13.0. The normalized spacial score (nSPS) is 35.7. The predicted molar refractivity (Wildman–Crippen MR) is 209 cm³/mol. The van der Waals surface area contributed by atoms with Crippen LogP contribution in [-0.4, -0.2) is 12.1 Å². The van der Waals surface area contributed by atoms with Crippen LogP contribution in [0.2, 0.25) is 0 Å². The first-order chi connectivity index (χ1) is 23.1. The van der Waals surface area contributed by atoms with Gasteiger partial charge in [-0.3, -0.25) is 0 Å². The molecule has 0 heterocycles. The standard InChI is InChI=1S/C47H72O2/c1-32(2)14-11-17-36(6)41-23-24-42-39-21-20-37-31-38(25-28-46(37,9)43(39)26-29-47(41,42)10)49-44(48)30-34(4)16-12-15-33(3)19-22-40-35(5)18-13-27-45(40,7)8/h12,15-16,19-20,22,30,32,36,38-39,41-43H,11,13-14,17-18,21,23-29,31H2,1-10H3/t36-,38?,39+,41-,42+,43+,46+,47-/m1/s1. The van der Waals surface area contributed by atoms with Crippen molar-refractivity contribution in [1.29, 1.82) is 0 Å². The van der Waals surface area contributed by atoms with E-state index in [0.29, 0.717) is 5.41 Å². The third-order valence-electron chi connectivity index (χ3n) is 14.7. The van der Waals surface area contributed by atoms with Gasteiger partial charge >= 0.3 is 5.97 Å². The minimum absolute atomic E-state index is 0.00175. The first-order valence-corrected chi connectivity index (χ1v) is 20.5. The Balaban J connectivity index is 1.14. The average molecular weight is 669 g/mol. The molecule has 0 N–H and O–H groups in total. The zero-order chi connectivity index (χ0) is 35.6. The van der Waals surface area contributed by atoms with Crippen LogP contribution < -0.4 is 0 Å². The minimum atomic E-state index is -0.194. The summed E-state index contributed by atoms with van der Waals surface area (Å²) in [6.07, 6.45) is 33.0. The van der Waals surface area contributed by atoms with Gasteiger partial charge < -0.3 is 4.74 Å². The molecule has 3 saturated carbocycles. The van der Waals surface area contributed by atoms with E-state index in [4.69, 9.17) is 4.74 Å². The molecule has 1 unspecified atom stereocenters. The van der Waals surface area contributed by atoms with Crippen molar-refractivity contribution < 1.29 is 9.53 Å². The number of esters is 1. The van der Waals surface area contributed by atoms with Crippen LogP contribution in [0.25, 0.3) is 0 Å². The Labute approximate surface area is 302 Å². The van der Waals surface area contributed by atoms with E-state index < -0.39 is 0 Å². The number of hydrogen-bond acceptors (Lipinski definition) is 2. The highest BCUT2D eigenvalue weighted by molar-refractivity contribution is 5.83. The molecule has 5 aliphatic carbocycles. The summed E-state index contributed by atoms with van der Waals surface area (Å²) in [7, 11) is 0. The van der Waals surface area contributed by atoms with Gasteiger partial charge in [-0.2, -0.15) is 0 Å². The van der Waals surface area contributed by atoms with E-state index in [-0.39, 0.29) is 22.9 Å². The van der Waals surface area contributed by atoms with Crippen LogP contribution in [0.5, 0.6) is 0 Å². The third kappa shape index (κ3) is 8.52. The molecule has 2 heteroatoms. The fraction of sp³-hybridized carbons (Fsp3) is 0.723. The summed E-state index contributed by atoms with van der Waals surface area (Å²) < 4.78 is 6.11. The van der Waals surface area contributed by atoms with Gasteiger partial charge in [-0.1, -0.05) is 121 Å². The van der Waals surface area contributed by atoms with Gasteiger partial charge in [-0.25, -0.2) is 4.79 Å². The zero-order valence-corrected chi connectivity index (χ0v) is 33.3. The smallest absolute Gasteiger partial charge is 0.331 e. The van der Waals surface area contributed by atoms with Gasteiger partial charge in [-0.05, 0) is 148 Å². The Morgan fingerprint density at radius 2 is 1.71 bits per heavy atom. The number of allylic oxidation sites excluding steroid dienone is 10. The summed E-state index contributed by atoms with van der Waals surface area (Å²) in [4.78, 5) is 13.0. The number of rotatable bonds is 11. The van der Waals surface area contributed by atoms with E-state index in [1.807, 2.05) is 13.0 Å². The van der Waals surface area contributed by atoms with E-state index in [0.717, 1.165) is 60.3 Å². The van der Waals surface area contributed by atoms with Crippen LogP contribution in [0.4, 0.5) is 0 Å². The van der Waals surface area contributed by atoms with Gasteiger partial charge in [0.2, 0.25) is 0 Å². The van der Waals surface area contributed by atoms with Crippen LogP contribution >= 0.6 is 0 Å². The number of ether oxygens (including phenoxy) is 1. The molecule has 272 valence electrons. The van der Waals surface area contributed by atoms with Crippen LogP contribution in [0.3, 0.4) is 0 Å². The average Bonchev–Trinajstić information content (AvgIpc) is 3.37. The molecule has 0 spiro atoms. The topological polar surface area (TPSA) is 26.3 Å². The highest BCUT2D eigenvalue weighted by Gasteiger charge is 2.59. The molecule has 0 bridgehead atoms. The first-order valence-electron chi connectivity index (χ1n) is 20.5. The van der Waals surface area contributed by atoms with Gasteiger partial charge in [0.05, 0.1) is 0 Å². The molecule has 3 fully saturated rings. The molecule has 2 nitrogen and oxygen atoms in total. The minimum Gasteiger partial charge on any atom is -0.459 e. The summed E-state index contributed by atoms with van der Waals surface area (Å²) in [5.41, 5.74) is 7.81. The largest absolute Gasteiger partial charge is 0.459 e. The molecule has 0 aromatic heterocycles. The van der Waals surface area contributed by atoms with E-state index in [1.54, 1.807) is 11.6 Å². The Hall–Kier alpha value is -2.09. The van der Waals surface area contributed by atoms with Crippen LogP contribution in [0, 0.1) is 51.8 Å². The number of hydrogen-bond donors (Lipinski definition) is 0. The molecule has 5 rings (SSSR count). The summed E-state index contributed by atoms with van der Waals surface area (Å²) in [5, 5.41) is 0. The lowest BCUT2D eigenvalue weighted by atomic mass is 9.47. The fourth-order valence-corrected chi connectivity index (χ4v) is 11.8. The summed E-state index contributed by atoms with van der Waals surface area (Å²) in [5.74, 6) is 4.92. The molecular weight excluding hydrogens is 597 g/mol. The Morgan fingerprint density at radius 3 is 2.45 bits per heavy atom. The number of carbonyl (C=O) groups excluding carboxylic acids is 1. The molecule has 0 amide bonds. The van der Waals surface area contributed by atoms with E-state index in [1.165, 1.54) is 87.3 Å². The van der Waals surface area contributed by atoms with Gasteiger partial charge in [-0.15, -0.1) is 0 Å². The lowest BCUT2D eigenvalue weighted by Crippen LogP contribution is -2.51. The van der Waals surface area contributed by atoms with Crippen molar-refractivity contribution in [2.45, 2.75) is 165 Å². The molecule has 0 saturated heterocycles. The lowest BCUT2D eigenvalue weighted by molar-refractivity contribution is -0.145. The van der Waals surface area contributed by atoms with Crippen molar-refractivity contribution in [2.75, 3.05) is 0 Å². The maximum atomic E-state index is 13.0. The van der Waals surface area contributed by atoms with Crippen molar-refractivity contribution in [3.63, 3.8) is 0 Å². The van der Waals surface area contributed by atoms with Gasteiger partial charge in [0.1, 0.15) is 6.10 Å². The van der Waals surface area contributed by atoms with Crippen molar-refractivity contribution in [1.82, 2.24) is 0 Å². The van der Waals surface area contributed by atoms with Gasteiger partial charge in [0, 0.05) is 12.5 Å². The van der Waals surface area contributed by atoms with Crippen molar-refractivity contribution in [3.8, 4) is 0 Å². The van der Waals surface area contributed by atoms with Crippen molar-refractivity contribution in [3.05, 3.63) is 70.4 Å². The molecule has 0 aliphatic heterocycles.